The number of ether oxygens (including phenoxy) is 2. The van der Waals surface area contributed by atoms with Crippen LogP contribution in [0.5, 0.6) is 17.4 Å². The van der Waals surface area contributed by atoms with Gasteiger partial charge in [0.15, 0.2) is 23.8 Å². The smallest absolute Gasteiger partial charge is 0.422 e. The summed E-state index contributed by atoms with van der Waals surface area (Å²) in [5.41, 5.74) is 0.612. The van der Waals surface area contributed by atoms with Crippen molar-refractivity contribution < 1.29 is 32.5 Å². The number of rotatable bonds is 5. The first-order valence-corrected chi connectivity index (χ1v) is 7.64. The minimum atomic E-state index is -4.55. The lowest BCUT2D eigenvalue weighted by Gasteiger charge is -2.14. The Morgan fingerprint density at radius 1 is 1.33 bits per heavy atom. The van der Waals surface area contributed by atoms with E-state index in [1.807, 2.05) is 0 Å². The summed E-state index contributed by atoms with van der Waals surface area (Å²) in [6, 6.07) is 4.03. The first-order chi connectivity index (χ1) is 12.6. The van der Waals surface area contributed by atoms with Crippen molar-refractivity contribution in [2.75, 3.05) is 6.61 Å². The van der Waals surface area contributed by atoms with E-state index in [-0.39, 0.29) is 28.0 Å². The molecule has 0 aliphatic heterocycles. The van der Waals surface area contributed by atoms with Gasteiger partial charge in [-0.05, 0) is 19.1 Å². The molecule has 0 amide bonds. The molecule has 0 aliphatic carbocycles. The molecular weight excluding hydrogens is 393 g/mol. The molecule has 3 heterocycles. The van der Waals surface area contributed by atoms with Gasteiger partial charge in [0.2, 0.25) is 0 Å². The fraction of sp³-hybridized carbons (Fsp3) is 0.200. The predicted octanol–water partition coefficient (Wildman–Crippen LogP) is 3.52. The molecule has 3 aromatic heterocycles. The molecule has 8 nitrogen and oxygen atoms in total. The number of fused-ring (bicyclic) bond motifs is 1. The Hall–Kier alpha value is -3.08. The van der Waals surface area contributed by atoms with Crippen LogP contribution in [0.1, 0.15) is 16.3 Å². The third kappa shape index (κ3) is 4.19. The molecule has 0 saturated carbocycles. The zero-order valence-corrected chi connectivity index (χ0v) is 14.2. The normalized spacial score (nSPS) is 11.6. The minimum absolute atomic E-state index is 0.0640. The first-order valence-electron chi connectivity index (χ1n) is 7.26. The molecule has 0 bridgehead atoms. The molecule has 0 unspecified atom stereocenters. The molecule has 0 fully saturated rings. The topological polar surface area (TPSA) is 98.8 Å². The zero-order chi connectivity index (χ0) is 19.8. The number of nitrogens with zero attached hydrogens (tertiary/aromatic N) is 4. The van der Waals surface area contributed by atoms with Crippen LogP contribution < -0.4 is 9.47 Å². The summed E-state index contributed by atoms with van der Waals surface area (Å²) in [5, 5.41) is 12.9. The molecule has 0 saturated heterocycles. The average Bonchev–Trinajstić information content (AvgIpc) is 3.02. The third-order valence-electron chi connectivity index (χ3n) is 3.26. The van der Waals surface area contributed by atoms with E-state index >= 15 is 0 Å². The summed E-state index contributed by atoms with van der Waals surface area (Å²) >= 11 is 5.75. The summed E-state index contributed by atoms with van der Waals surface area (Å²) in [6.07, 6.45) is -3.37. The maximum atomic E-state index is 12.4. The van der Waals surface area contributed by atoms with E-state index in [9.17, 15) is 18.0 Å². The third-order valence-corrected chi connectivity index (χ3v) is 3.47. The van der Waals surface area contributed by atoms with Gasteiger partial charge < -0.3 is 14.6 Å². The van der Waals surface area contributed by atoms with E-state index in [1.54, 1.807) is 6.92 Å². The van der Waals surface area contributed by atoms with Crippen LogP contribution in [0.15, 0.2) is 24.4 Å². The number of aromatic nitrogens is 4. The molecule has 0 radical (unpaired) electrons. The van der Waals surface area contributed by atoms with Gasteiger partial charge in [-0.2, -0.15) is 13.2 Å². The summed E-state index contributed by atoms with van der Waals surface area (Å²) in [6.45, 7) is 0.0171. The Morgan fingerprint density at radius 2 is 2.07 bits per heavy atom. The standard InChI is InChI=1S/C15H10ClF3N4O4/c1-7-9(2-3-11-21-12(14(24)25)22-23(7)11)27-13-10(4-8(16)5-20-13)26-6-15(17,18)19/h2-5H,6H2,1H3,(H,24,25). The van der Waals surface area contributed by atoms with Gasteiger partial charge in [0.1, 0.15) is 0 Å². The minimum Gasteiger partial charge on any atom is -0.478 e. The number of aromatic carboxylic acids is 1. The monoisotopic (exact) mass is 402 g/mol. The second kappa shape index (κ2) is 6.91. The highest BCUT2D eigenvalue weighted by Crippen LogP contribution is 2.34. The number of pyridine rings is 2. The molecule has 3 rings (SSSR count). The Kier molecular flexibility index (Phi) is 4.79. The lowest BCUT2D eigenvalue weighted by Crippen LogP contribution is -2.19. The molecule has 0 aliphatic rings. The number of carboxylic acid groups (broad SMARTS) is 1. The number of carbonyl (C=O) groups is 1. The van der Waals surface area contributed by atoms with Crippen molar-refractivity contribution >= 4 is 23.2 Å². The van der Waals surface area contributed by atoms with Gasteiger partial charge in [-0.15, -0.1) is 5.10 Å². The first kappa shape index (κ1) is 18.7. The SMILES string of the molecule is Cc1c(Oc2ncc(Cl)cc2OCC(F)(F)F)ccc2nc(C(=O)O)nn12. The van der Waals surface area contributed by atoms with Crippen molar-refractivity contribution in [3.63, 3.8) is 0 Å². The van der Waals surface area contributed by atoms with E-state index in [1.165, 1.54) is 22.8 Å². The van der Waals surface area contributed by atoms with Gasteiger partial charge in [0.05, 0.1) is 10.7 Å². The van der Waals surface area contributed by atoms with E-state index in [0.717, 1.165) is 6.07 Å². The van der Waals surface area contributed by atoms with Crippen LogP contribution in [0, 0.1) is 6.92 Å². The highest BCUT2D eigenvalue weighted by Gasteiger charge is 2.29. The van der Waals surface area contributed by atoms with Gasteiger partial charge in [0, 0.05) is 12.3 Å². The number of alkyl halides is 3. The highest BCUT2D eigenvalue weighted by atomic mass is 35.5. The summed E-state index contributed by atoms with van der Waals surface area (Å²) < 4.78 is 48.7. The summed E-state index contributed by atoms with van der Waals surface area (Å²) in [4.78, 5) is 18.7. The fourth-order valence-electron chi connectivity index (χ4n) is 2.10. The average molecular weight is 403 g/mol. The fourth-order valence-corrected chi connectivity index (χ4v) is 2.25. The second-order valence-electron chi connectivity index (χ2n) is 5.26. The van der Waals surface area contributed by atoms with Crippen LogP contribution >= 0.6 is 11.6 Å². The van der Waals surface area contributed by atoms with E-state index in [2.05, 4.69) is 15.1 Å². The summed E-state index contributed by atoms with van der Waals surface area (Å²) in [5.74, 6) is -2.10. The van der Waals surface area contributed by atoms with E-state index < -0.39 is 24.6 Å². The lowest BCUT2D eigenvalue weighted by molar-refractivity contribution is -0.153. The Balaban J connectivity index is 1.95. The van der Waals surface area contributed by atoms with Crippen LogP contribution in [0.3, 0.4) is 0 Å². The van der Waals surface area contributed by atoms with Crippen LogP contribution in [0.4, 0.5) is 13.2 Å². The molecule has 12 heteroatoms. The molecule has 0 aromatic carbocycles. The highest BCUT2D eigenvalue weighted by molar-refractivity contribution is 6.30. The number of carboxylic acids is 1. The van der Waals surface area contributed by atoms with Gasteiger partial charge in [0.25, 0.3) is 11.7 Å². The number of hydrogen-bond donors (Lipinski definition) is 1. The van der Waals surface area contributed by atoms with Crippen molar-refractivity contribution in [2.24, 2.45) is 0 Å². The van der Waals surface area contributed by atoms with Gasteiger partial charge in [-0.3, -0.25) is 0 Å². The zero-order valence-electron chi connectivity index (χ0n) is 13.5. The lowest BCUT2D eigenvalue weighted by atomic mass is 10.3. The Bertz CT molecular complexity index is 1020. The Morgan fingerprint density at radius 3 is 2.74 bits per heavy atom. The van der Waals surface area contributed by atoms with Crippen molar-refractivity contribution in [2.45, 2.75) is 13.1 Å². The van der Waals surface area contributed by atoms with Gasteiger partial charge >= 0.3 is 12.1 Å². The van der Waals surface area contributed by atoms with Crippen molar-refractivity contribution in [3.8, 4) is 17.4 Å². The number of hydrogen-bond acceptors (Lipinski definition) is 6. The van der Waals surface area contributed by atoms with Crippen LogP contribution in [0.2, 0.25) is 5.02 Å². The molecular formula is C15H10ClF3N4O4. The molecule has 142 valence electrons. The quantitative estimate of drug-likeness (QED) is 0.697. The van der Waals surface area contributed by atoms with Crippen molar-refractivity contribution in [1.29, 1.82) is 0 Å². The largest absolute Gasteiger partial charge is 0.478 e. The molecule has 1 N–H and O–H groups in total. The Labute approximate surface area is 154 Å². The summed E-state index contributed by atoms with van der Waals surface area (Å²) in [7, 11) is 0. The number of halogens is 4. The van der Waals surface area contributed by atoms with Crippen LogP contribution in [-0.4, -0.2) is 43.4 Å². The van der Waals surface area contributed by atoms with Crippen LogP contribution in [-0.2, 0) is 0 Å². The molecule has 0 atom stereocenters. The van der Waals surface area contributed by atoms with Crippen molar-refractivity contribution in [1.82, 2.24) is 19.6 Å². The van der Waals surface area contributed by atoms with Crippen LogP contribution in [0.25, 0.3) is 5.65 Å². The maximum Gasteiger partial charge on any atom is 0.422 e. The molecule has 3 aromatic rings. The van der Waals surface area contributed by atoms with E-state index in [0.29, 0.717) is 5.69 Å². The van der Waals surface area contributed by atoms with Gasteiger partial charge in [-0.25, -0.2) is 19.3 Å². The van der Waals surface area contributed by atoms with Gasteiger partial charge in [-0.1, -0.05) is 11.6 Å². The second-order valence-corrected chi connectivity index (χ2v) is 5.69. The number of aryl methyl sites for hydroxylation is 1. The molecule has 27 heavy (non-hydrogen) atoms. The predicted molar refractivity (Wildman–Crippen MR) is 85.6 cm³/mol. The maximum absolute atomic E-state index is 12.4. The van der Waals surface area contributed by atoms with Crippen molar-refractivity contribution in [3.05, 3.63) is 40.9 Å². The van der Waals surface area contributed by atoms with E-state index in [4.69, 9.17) is 26.2 Å². The molecule has 0 spiro atoms.